The third kappa shape index (κ3) is 14.4. The molecule has 0 bridgehead atoms. The van der Waals surface area contributed by atoms with Crippen LogP contribution in [0.2, 0.25) is 0 Å². The number of rotatable bonds is 18. The van der Waals surface area contributed by atoms with Gasteiger partial charge in [0.25, 0.3) is 0 Å². The summed E-state index contributed by atoms with van der Waals surface area (Å²) < 4.78 is 0. The van der Waals surface area contributed by atoms with E-state index in [1.807, 2.05) is 0 Å². The van der Waals surface area contributed by atoms with Crippen molar-refractivity contribution < 1.29 is 19.8 Å². The van der Waals surface area contributed by atoms with Crippen LogP contribution in [0.1, 0.15) is 89.5 Å². The molecule has 1 amide bonds. The molecule has 0 radical (unpaired) electrons. The largest absolute Gasteiger partial charge is 0.508 e. The normalized spacial score (nSPS) is 12.4. The van der Waals surface area contributed by atoms with E-state index in [1.165, 1.54) is 37.8 Å². The molecule has 178 valence electrons. The Morgan fingerprint density at radius 3 is 2.09 bits per heavy atom. The van der Waals surface area contributed by atoms with Crippen LogP contribution in [-0.2, 0) is 16.0 Å². The summed E-state index contributed by atoms with van der Waals surface area (Å²) in [5.41, 5.74) is 0.757. The standard InChI is InChI=1S/C27H41NO4/c1-2-3-4-5-6-7-8-9-10-11-12-13-14-15-16-17-26(30)28-25(27(31)32)22-23-18-20-24(29)21-19-23/h6-7,9-10,18-21,25,29H,2-5,8,11-17,22H2,1H3,(H,28,30)(H,31,32)/b7-6+,10-9+/t25-/m0/s1. The van der Waals surface area contributed by atoms with Gasteiger partial charge in [0, 0.05) is 12.8 Å². The summed E-state index contributed by atoms with van der Waals surface area (Å²) in [6.45, 7) is 2.22. The SMILES string of the molecule is CCCCC/C=C/C/C=C/CCCCCCCC(=O)N[C@@H](Cc1ccc(O)cc1)C(=O)O. The van der Waals surface area contributed by atoms with Crippen molar-refractivity contribution in [2.45, 2.75) is 96.4 Å². The number of nitrogens with one attached hydrogen (secondary N) is 1. The van der Waals surface area contributed by atoms with E-state index in [-0.39, 0.29) is 18.1 Å². The summed E-state index contributed by atoms with van der Waals surface area (Å²) in [4.78, 5) is 23.6. The summed E-state index contributed by atoms with van der Waals surface area (Å²) in [5, 5.41) is 21.3. The average molecular weight is 444 g/mol. The van der Waals surface area contributed by atoms with Gasteiger partial charge in [0.05, 0.1) is 0 Å². The lowest BCUT2D eigenvalue weighted by Gasteiger charge is -2.14. The minimum atomic E-state index is -1.05. The lowest BCUT2D eigenvalue weighted by atomic mass is 10.0. The highest BCUT2D eigenvalue weighted by Crippen LogP contribution is 2.12. The highest BCUT2D eigenvalue weighted by molar-refractivity contribution is 5.83. The van der Waals surface area contributed by atoms with Crippen LogP contribution in [0.25, 0.3) is 0 Å². The molecule has 0 aliphatic carbocycles. The molecule has 0 aromatic heterocycles. The number of carbonyl (C=O) groups excluding carboxylic acids is 1. The minimum Gasteiger partial charge on any atom is -0.508 e. The van der Waals surface area contributed by atoms with E-state index < -0.39 is 12.0 Å². The predicted octanol–water partition coefficient (Wildman–Crippen LogP) is 6.32. The molecule has 0 saturated carbocycles. The number of benzene rings is 1. The first-order valence-electron chi connectivity index (χ1n) is 12.1. The number of hydrogen-bond donors (Lipinski definition) is 3. The van der Waals surface area contributed by atoms with Gasteiger partial charge in [0.1, 0.15) is 11.8 Å². The van der Waals surface area contributed by atoms with Gasteiger partial charge in [0.2, 0.25) is 5.91 Å². The Balaban J connectivity index is 2.07. The van der Waals surface area contributed by atoms with Gasteiger partial charge in [-0.2, -0.15) is 0 Å². The zero-order valence-corrected chi connectivity index (χ0v) is 19.6. The molecule has 1 aromatic carbocycles. The number of unbranched alkanes of at least 4 members (excludes halogenated alkanes) is 8. The number of phenolic OH excluding ortho intramolecular Hbond substituents is 1. The Kier molecular flexibility index (Phi) is 15.5. The Morgan fingerprint density at radius 1 is 0.875 bits per heavy atom. The van der Waals surface area contributed by atoms with Crippen molar-refractivity contribution in [3.8, 4) is 5.75 Å². The number of carbonyl (C=O) groups is 2. The van der Waals surface area contributed by atoms with Crippen molar-refractivity contribution >= 4 is 11.9 Å². The van der Waals surface area contributed by atoms with E-state index in [9.17, 15) is 19.8 Å². The molecule has 0 aliphatic rings. The second-order valence-electron chi connectivity index (χ2n) is 8.31. The van der Waals surface area contributed by atoms with E-state index >= 15 is 0 Å². The quantitative estimate of drug-likeness (QED) is 0.183. The van der Waals surface area contributed by atoms with Gasteiger partial charge in [-0.05, 0) is 56.2 Å². The summed E-state index contributed by atoms with van der Waals surface area (Å²) in [7, 11) is 0. The van der Waals surface area contributed by atoms with Gasteiger partial charge >= 0.3 is 5.97 Å². The molecule has 0 heterocycles. The van der Waals surface area contributed by atoms with Crippen molar-refractivity contribution in [1.82, 2.24) is 5.32 Å². The van der Waals surface area contributed by atoms with Crippen molar-refractivity contribution in [2.75, 3.05) is 0 Å². The Hall–Kier alpha value is -2.56. The second kappa shape index (κ2) is 18.1. The third-order valence-corrected chi connectivity index (χ3v) is 5.36. The average Bonchev–Trinajstić information content (AvgIpc) is 2.77. The molecule has 1 aromatic rings. The summed E-state index contributed by atoms with van der Waals surface area (Å²) in [5.74, 6) is -1.14. The van der Waals surface area contributed by atoms with Crippen LogP contribution in [0.4, 0.5) is 0 Å². The van der Waals surface area contributed by atoms with Gasteiger partial charge in [-0.1, -0.05) is 75.5 Å². The lowest BCUT2D eigenvalue weighted by Crippen LogP contribution is -2.42. The smallest absolute Gasteiger partial charge is 0.326 e. The molecule has 5 heteroatoms. The number of aromatic hydroxyl groups is 1. The maximum Gasteiger partial charge on any atom is 0.326 e. The third-order valence-electron chi connectivity index (χ3n) is 5.36. The molecule has 0 unspecified atom stereocenters. The maximum absolute atomic E-state index is 12.1. The van der Waals surface area contributed by atoms with Crippen molar-refractivity contribution in [2.24, 2.45) is 0 Å². The highest BCUT2D eigenvalue weighted by Gasteiger charge is 2.20. The molecule has 3 N–H and O–H groups in total. The predicted molar refractivity (Wildman–Crippen MR) is 131 cm³/mol. The van der Waals surface area contributed by atoms with Gasteiger partial charge in [0.15, 0.2) is 0 Å². The van der Waals surface area contributed by atoms with Crippen LogP contribution in [0.15, 0.2) is 48.6 Å². The molecular formula is C27H41NO4. The Morgan fingerprint density at radius 2 is 1.47 bits per heavy atom. The molecular weight excluding hydrogens is 402 g/mol. The fraction of sp³-hybridized carbons (Fsp3) is 0.556. The second-order valence-corrected chi connectivity index (χ2v) is 8.31. The molecule has 1 rings (SSSR count). The molecule has 5 nitrogen and oxygen atoms in total. The number of aliphatic carboxylic acids is 1. The Bertz CT molecular complexity index is 694. The number of amides is 1. The van der Waals surface area contributed by atoms with Crippen LogP contribution in [0.3, 0.4) is 0 Å². The fourth-order valence-electron chi connectivity index (χ4n) is 3.43. The number of phenols is 1. The molecule has 1 atom stereocenters. The van der Waals surface area contributed by atoms with Crippen LogP contribution in [-0.4, -0.2) is 28.1 Å². The topological polar surface area (TPSA) is 86.6 Å². The number of carboxylic acids is 1. The monoisotopic (exact) mass is 443 g/mol. The van der Waals surface area contributed by atoms with Gasteiger partial charge in [-0.25, -0.2) is 4.79 Å². The molecule has 0 saturated heterocycles. The first-order valence-corrected chi connectivity index (χ1v) is 12.1. The van der Waals surface area contributed by atoms with Gasteiger partial charge in [-0.3, -0.25) is 4.79 Å². The van der Waals surface area contributed by atoms with E-state index in [0.29, 0.717) is 6.42 Å². The number of hydrogen-bond acceptors (Lipinski definition) is 3. The van der Waals surface area contributed by atoms with Gasteiger partial charge < -0.3 is 15.5 Å². The van der Waals surface area contributed by atoms with Crippen LogP contribution >= 0.6 is 0 Å². The zero-order valence-electron chi connectivity index (χ0n) is 19.6. The first kappa shape index (κ1) is 27.5. The molecule has 0 spiro atoms. The van der Waals surface area contributed by atoms with E-state index in [0.717, 1.165) is 50.5 Å². The van der Waals surface area contributed by atoms with Crippen molar-refractivity contribution in [3.63, 3.8) is 0 Å². The minimum absolute atomic E-state index is 0.131. The maximum atomic E-state index is 12.1. The van der Waals surface area contributed by atoms with Crippen molar-refractivity contribution in [1.29, 1.82) is 0 Å². The summed E-state index contributed by atoms with van der Waals surface area (Å²) in [6, 6.07) is 5.40. The molecule has 0 aliphatic heterocycles. The molecule has 0 fully saturated rings. The fourth-order valence-corrected chi connectivity index (χ4v) is 3.43. The van der Waals surface area contributed by atoms with E-state index in [1.54, 1.807) is 12.1 Å². The molecule has 32 heavy (non-hydrogen) atoms. The van der Waals surface area contributed by atoms with E-state index in [2.05, 4.69) is 36.5 Å². The van der Waals surface area contributed by atoms with Crippen LogP contribution < -0.4 is 5.32 Å². The zero-order chi connectivity index (χ0) is 23.4. The number of carboxylic acid groups (broad SMARTS) is 1. The summed E-state index contributed by atoms with van der Waals surface area (Å²) in [6.07, 6.45) is 21.9. The lowest BCUT2D eigenvalue weighted by molar-refractivity contribution is -0.141. The summed E-state index contributed by atoms with van der Waals surface area (Å²) >= 11 is 0. The highest BCUT2D eigenvalue weighted by atomic mass is 16.4. The van der Waals surface area contributed by atoms with Gasteiger partial charge in [-0.15, -0.1) is 0 Å². The van der Waals surface area contributed by atoms with Crippen LogP contribution in [0, 0.1) is 0 Å². The van der Waals surface area contributed by atoms with Crippen molar-refractivity contribution in [3.05, 3.63) is 54.1 Å². The Labute approximate surface area is 193 Å². The van der Waals surface area contributed by atoms with Crippen LogP contribution in [0.5, 0.6) is 5.75 Å². The first-order chi connectivity index (χ1) is 15.5. The van der Waals surface area contributed by atoms with E-state index in [4.69, 9.17) is 0 Å². The number of allylic oxidation sites excluding steroid dienone is 4.